The van der Waals surface area contributed by atoms with Crippen LogP contribution in [0.5, 0.6) is 0 Å². The van der Waals surface area contributed by atoms with Crippen molar-refractivity contribution in [1.82, 2.24) is 24.5 Å². The van der Waals surface area contributed by atoms with Crippen LogP contribution in [0.1, 0.15) is 0 Å². The van der Waals surface area contributed by atoms with Crippen molar-refractivity contribution in [2.24, 2.45) is 0 Å². The first-order chi connectivity index (χ1) is 28.2. The first-order valence-electron chi connectivity index (χ1n) is 18.9. The number of rotatable bonds is 5. The van der Waals surface area contributed by atoms with Crippen molar-refractivity contribution in [3.05, 3.63) is 176 Å². The summed E-state index contributed by atoms with van der Waals surface area (Å²) in [6.45, 7) is 0. The first-order valence-corrected chi connectivity index (χ1v) is 18.9. The molecule has 0 aliphatic carbocycles. The minimum Gasteiger partial charge on any atom is -0.456 e. The van der Waals surface area contributed by atoms with Gasteiger partial charge in [0.1, 0.15) is 22.3 Å². The number of aromatic nitrogens is 5. The van der Waals surface area contributed by atoms with Gasteiger partial charge in [-0.2, -0.15) is 0 Å². The van der Waals surface area contributed by atoms with Crippen molar-refractivity contribution < 1.29 is 8.83 Å². The zero-order chi connectivity index (χ0) is 37.5. The SMILES string of the molecule is c1cc(-c2nc(-c3ccc(-c4cccc5oc6ccccc6c45)cc3)nc(-c3cccc4oc5ccncc5c34)n2)cc(-n2c3ccccc3c3ccccc32)c1. The van der Waals surface area contributed by atoms with Gasteiger partial charge < -0.3 is 13.4 Å². The van der Waals surface area contributed by atoms with E-state index in [4.69, 9.17) is 23.8 Å². The zero-order valence-electron chi connectivity index (χ0n) is 30.3. The fourth-order valence-electron chi connectivity index (χ4n) is 8.41. The van der Waals surface area contributed by atoms with Crippen molar-refractivity contribution in [3.63, 3.8) is 0 Å². The summed E-state index contributed by atoms with van der Waals surface area (Å²) in [6, 6.07) is 56.2. The zero-order valence-corrected chi connectivity index (χ0v) is 30.3. The molecule has 57 heavy (non-hydrogen) atoms. The Bertz CT molecular complexity index is 3490. The highest BCUT2D eigenvalue weighted by Crippen LogP contribution is 2.39. The van der Waals surface area contributed by atoms with Crippen molar-refractivity contribution >= 4 is 65.7 Å². The molecule has 0 saturated heterocycles. The van der Waals surface area contributed by atoms with Gasteiger partial charge in [-0.3, -0.25) is 4.98 Å². The van der Waals surface area contributed by atoms with Crippen LogP contribution in [0, 0.1) is 0 Å². The summed E-state index contributed by atoms with van der Waals surface area (Å²) in [5, 5.41) is 6.43. The van der Waals surface area contributed by atoms with Gasteiger partial charge in [0.2, 0.25) is 0 Å². The highest BCUT2D eigenvalue weighted by molar-refractivity contribution is 6.13. The maximum Gasteiger partial charge on any atom is 0.164 e. The normalized spacial score (nSPS) is 11.9. The summed E-state index contributed by atoms with van der Waals surface area (Å²) < 4.78 is 14.8. The van der Waals surface area contributed by atoms with Crippen LogP contribution < -0.4 is 0 Å². The monoisotopic (exact) mass is 731 g/mol. The molecule has 0 spiro atoms. The van der Waals surface area contributed by atoms with E-state index in [0.717, 1.165) is 88.4 Å². The lowest BCUT2D eigenvalue weighted by Crippen LogP contribution is -2.01. The number of hydrogen-bond acceptors (Lipinski definition) is 6. The predicted octanol–water partition coefficient (Wildman–Crippen LogP) is 12.8. The number of fused-ring (bicyclic) bond motifs is 9. The third-order valence-corrected chi connectivity index (χ3v) is 11.0. The summed E-state index contributed by atoms with van der Waals surface area (Å²) in [4.78, 5) is 20.0. The molecule has 7 heteroatoms. The summed E-state index contributed by atoms with van der Waals surface area (Å²) in [7, 11) is 0. The van der Waals surface area contributed by atoms with E-state index in [1.807, 2.05) is 54.7 Å². The Kier molecular flexibility index (Phi) is 6.79. The van der Waals surface area contributed by atoms with Gasteiger partial charge in [0.05, 0.1) is 11.0 Å². The third-order valence-electron chi connectivity index (χ3n) is 11.0. The number of furan rings is 2. The molecule has 266 valence electrons. The van der Waals surface area contributed by atoms with Crippen LogP contribution in [0.4, 0.5) is 0 Å². The van der Waals surface area contributed by atoms with E-state index >= 15 is 0 Å². The topological polar surface area (TPSA) is 82.8 Å². The average Bonchev–Trinajstić information content (AvgIpc) is 3.96. The Balaban J connectivity index is 1.04. The molecule has 0 atom stereocenters. The highest BCUT2D eigenvalue weighted by Gasteiger charge is 2.20. The number of benzene rings is 7. The number of para-hydroxylation sites is 3. The third kappa shape index (κ3) is 4.92. The van der Waals surface area contributed by atoms with Gasteiger partial charge in [-0.25, -0.2) is 15.0 Å². The Labute approximate surface area is 325 Å². The molecule has 0 N–H and O–H groups in total. The molecule has 0 aliphatic rings. The molecule has 0 saturated carbocycles. The van der Waals surface area contributed by atoms with E-state index < -0.39 is 0 Å². The summed E-state index contributed by atoms with van der Waals surface area (Å²) in [5.41, 5.74) is 11.3. The first kappa shape index (κ1) is 31.5. The highest BCUT2D eigenvalue weighted by atomic mass is 16.3. The standard InChI is InChI=1S/C50H29N5O2/c1-4-17-40-35(12-1)36-13-2-5-18-41(36)55(40)33-11-7-10-32(28-33)49-52-48(53-50(54-49)38-16-9-21-45-47(38)39-29-51-27-26-43(39)57-45)31-24-22-30(23-25-31)34-15-8-20-44-46(34)37-14-3-6-19-42(37)56-44/h1-29H. The van der Waals surface area contributed by atoms with Crippen molar-refractivity contribution in [3.8, 4) is 51.0 Å². The van der Waals surface area contributed by atoms with Gasteiger partial charge in [-0.05, 0) is 59.7 Å². The molecule has 5 heterocycles. The molecular weight excluding hydrogens is 703 g/mol. The fraction of sp³-hybridized carbons (Fsp3) is 0. The molecule has 12 aromatic rings. The molecule has 12 rings (SSSR count). The van der Waals surface area contributed by atoms with E-state index in [9.17, 15) is 0 Å². The van der Waals surface area contributed by atoms with Gasteiger partial charge in [0, 0.05) is 67.1 Å². The van der Waals surface area contributed by atoms with Crippen molar-refractivity contribution in [2.75, 3.05) is 0 Å². The number of pyridine rings is 1. The maximum atomic E-state index is 6.26. The molecule has 0 unspecified atom stereocenters. The van der Waals surface area contributed by atoms with Crippen LogP contribution in [-0.4, -0.2) is 24.5 Å². The summed E-state index contributed by atoms with van der Waals surface area (Å²) in [6.07, 6.45) is 3.58. The van der Waals surface area contributed by atoms with E-state index in [-0.39, 0.29) is 0 Å². The molecule has 0 amide bonds. The second-order valence-corrected chi connectivity index (χ2v) is 14.2. The molecule has 0 aliphatic heterocycles. The van der Waals surface area contributed by atoms with Crippen LogP contribution in [0.25, 0.3) is 117 Å². The summed E-state index contributed by atoms with van der Waals surface area (Å²) in [5.74, 6) is 1.69. The van der Waals surface area contributed by atoms with Gasteiger partial charge in [0.25, 0.3) is 0 Å². The Morgan fingerprint density at radius 1 is 0.386 bits per heavy atom. The maximum absolute atomic E-state index is 6.26. The van der Waals surface area contributed by atoms with E-state index in [1.54, 1.807) is 6.20 Å². The fourth-order valence-corrected chi connectivity index (χ4v) is 8.41. The molecule has 7 aromatic carbocycles. The Hall–Kier alpha value is -7.90. The molecule has 0 radical (unpaired) electrons. The lowest BCUT2D eigenvalue weighted by atomic mass is 9.98. The van der Waals surface area contributed by atoms with E-state index in [0.29, 0.717) is 17.5 Å². The molecule has 5 aromatic heterocycles. The number of hydrogen-bond donors (Lipinski definition) is 0. The Morgan fingerprint density at radius 2 is 0.947 bits per heavy atom. The minimum absolute atomic E-state index is 0.549. The van der Waals surface area contributed by atoms with Gasteiger partial charge in [-0.15, -0.1) is 0 Å². The largest absolute Gasteiger partial charge is 0.456 e. The average molecular weight is 732 g/mol. The van der Waals surface area contributed by atoms with Crippen LogP contribution in [0.2, 0.25) is 0 Å². The lowest BCUT2D eigenvalue weighted by molar-refractivity contribution is 0.668. The van der Waals surface area contributed by atoms with Crippen LogP contribution in [0.15, 0.2) is 185 Å². The second kappa shape index (κ2) is 12.3. The molecular formula is C50H29N5O2. The van der Waals surface area contributed by atoms with E-state index in [2.05, 4.69) is 125 Å². The van der Waals surface area contributed by atoms with Crippen LogP contribution >= 0.6 is 0 Å². The van der Waals surface area contributed by atoms with Gasteiger partial charge >= 0.3 is 0 Å². The summed E-state index contributed by atoms with van der Waals surface area (Å²) >= 11 is 0. The number of nitrogens with zero attached hydrogens (tertiary/aromatic N) is 5. The van der Waals surface area contributed by atoms with Crippen molar-refractivity contribution in [2.45, 2.75) is 0 Å². The quantitative estimate of drug-likeness (QED) is 0.175. The second-order valence-electron chi connectivity index (χ2n) is 14.2. The molecule has 7 nitrogen and oxygen atoms in total. The minimum atomic E-state index is 0.549. The van der Waals surface area contributed by atoms with Crippen LogP contribution in [0.3, 0.4) is 0 Å². The molecule has 0 fully saturated rings. The van der Waals surface area contributed by atoms with Gasteiger partial charge in [-0.1, -0.05) is 115 Å². The Morgan fingerprint density at radius 3 is 1.70 bits per heavy atom. The smallest absolute Gasteiger partial charge is 0.164 e. The predicted molar refractivity (Wildman–Crippen MR) is 228 cm³/mol. The molecule has 0 bridgehead atoms. The van der Waals surface area contributed by atoms with Gasteiger partial charge in [0.15, 0.2) is 17.5 Å². The van der Waals surface area contributed by atoms with E-state index in [1.165, 1.54) is 10.8 Å². The van der Waals surface area contributed by atoms with Crippen LogP contribution in [-0.2, 0) is 0 Å². The lowest BCUT2D eigenvalue weighted by Gasteiger charge is -2.12. The van der Waals surface area contributed by atoms with Crippen molar-refractivity contribution in [1.29, 1.82) is 0 Å².